The predicted octanol–water partition coefficient (Wildman–Crippen LogP) is 6.25. The number of aromatic hydroxyl groups is 1. The van der Waals surface area contributed by atoms with Crippen molar-refractivity contribution in [2.75, 3.05) is 29.9 Å². The normalized spacial score (nSPS) is 15.3. The zero-order valence-corrected chi connectivity index (χ0v) is 27.9. The Labute approximate surface area is 284 Å². The number of carbonyl (C=O) groups is 2. The number of pyridine rings is 1. The van der Waals surface area contributed by atoms with E-state index in [-0.39, 0.29) is 23.6 Å². The molecule has 244 valence electrons. The lowest BCUT2D eigenvalue weighted by molar-refractivity contribution is 0.0648. The van der Waals surface area contributed by atoms with Crippen molar-refractivity contribution >= 4 is 40.6 Å². The van der Waals surface area contributed by atoms with E-state index in [1.807, 2.05) is 54.8 Å². The first kappa shape index (κ1) is 31.5. The van der Waals surface area contributed by atoms with Crippen LogP contribution in [0.25, 0.3) is 11.3 Å². The predicted molar refractivity (Wildman–Crippen MR) is 189 cm³/mol. The number of likely N-dealkylation sites (N-methyl/N-ethyl adjacent to an activating group) is 1. The van der Waals surface area contributed by atoms with Crippen LogP contribution in [0.3, 0.4) is 0 Å². The van der Waals surface area contributed by atoms with Crippen LogP contribution in [-0.4, -0.2) is 57.6 Å². The molecule has 0 aliphatic carbocycles. The molecule has 2 aliphatic rings. The Morgan fingerprint density at radius 1 is 0.958 bits per heavy atom. The third-order valence-corrected chi connectivity index (χ3v) is 9.95. The maximum atomic E-state index is 14.6. The summed E-state index contributed by atoms with van der Waals surface area (Å²) >= 11 is 6.56. The van der Waals surface area contributed by atoms with Gasteiger partial charge in [0.2, 0.25) is 0 Å². The number of phenolic OH excluding ortho intramolecular Hbond substituents is 1. The fourth-order valence-corrected chi connectivity index (χ4v) is 7.09. The summed E-state index contributed by atoms with van der Waals surface area (Å²) in [4.78, 5) is 39.3. The highest BCUT2D eigenvalue weighted by molar-refractivity contribution is 6.31. The third kappa shape index (κ3) is 5.48. The van der Waals surface area contributed by atoms with Crippen LogP contribution in [0.1, 0.15) is 43.1 Å². The zero-order chi connectivity index (χ0) is 33.7. The standard InChI is InChI=1S/C38H37ClN6O3/c1-23-33(38(48)45(28-9-11-31(46)12-10-28)30-17-25-14-15-42(2)36(25)41-21-30)19-35(43(23)3)34-18-27(39)8-13-32(34)37(47)44-22-26-7-5-4-6-24(26)16-29(44)20-40/h4-13,17-19,21,29,46H,14-16,20,22,40H2,1-3H3/t29-/m0/s1. The zero-order valence-electron chi connectivity index (χ0n) is 27.2. The second kappa shape index (κ2) is 12.5. The molecular formula is C38H37ClN6O3. The number of nitrogens with zero attached hydrogens (tertiary/aromatic N) is 5. The van der Waals surface area contributed by atoms with Crippen molar-refractivity contribution in [1.82, 2.24) is 14.5 Å². The maximum absolute atomic E-state index is 14.6. The fraction of sp³-hybridized carbons (Fsp3) is 0.237. The summed E-state index contributed by atoms with van der Waals surface area (Å²) in [5, 5.41) is 10.5. The van der Waals surface area contributed by atoms with Crippen LogP contribution in [0.5, 0.6) is 5.75 Å². The Morgan fingerprint density at radius 2 is 1.71 bits per heavy atom. The number of phenols is 1. The minimum atomic E-state index is -0.265. The second-order valence-corrected chi connectivity index (χ2v) is 13.0. The van der Waals surface area contributed by atoms with Crippen molar-refractivity contribution in [2.45, 2.75) is 32.4 Å². The Balaban J connectivity index is 1.30. The molecular weight excluding hydrogens is 624 g/mol. The summed E-state index contributed by atoms with van der Waals surface area (Å²) in [5.41, 5.74) is 13.8. The summed E-state index contributed by atoms with van der Waals surface area (Å²) < 4.78 is 1.92. The quantitative estimate of drug-likeness (QED) is 0.223. The maximum Gasteiger partial charge on any atom is 0.264 e. The Hall–Kier alpha value is -5.12. The van der Waals surface area contributed by atoms with E-state index in [4.69, 9.17) is 22.3 Å². The number of hydrogen-bond donors (Lipinski definition) is 2. The van der Waals surface area contributed by atoms with Gasteiger partial charge in [0.05, 0.1) is 17.4 Å². The summed E-state index contributed by atoms with van der Waals surface area (Å²) in [7, 11) is 3.89. The smallest absolute Gasteiger partial charge is 0.264 e. The van der Waals surface area contributed by atoms with Crippen molar-refractivity contribution in [3.05, 3.63) is 124 Å². The first-order chi connectivity index (χ1) is 23.1. The molecule has 1 atom stereocenters. The topological polar surface area (TPSA) is 108 Å². The Kier molecular flexibility index (Phi) is 8.19. The Bertz CT molecular complexity index is 2060. The summed E-state index contributed by atoms with van der Waals surface area (Å²) in [6, 6.07) is 23.6. The van der Waals surface area contributed by atoms with E-state index < -0.39 is 0 Å². The van der Waals surface area contributed by atoms with Crippen molar-refractivity contribution in [3.63, 3.8) is 0 Å². The molecule has 48 heavy (non-hydrogen) atoms. The lowest BCUT2D eigenvalue weighted by Crippen LogP contribution is -2.48. The van der Waals surface area contributed by atoms with E-state index in [1.54, 1.807) is 53.6 Å². The van der Waals surface area contributed by atoms with E-state index in [1.165, 1.54) is 5.56 Å². The molecule has 10 heteroatoms. The minimum absolute atomic E-state index is 0.102. The van der Waals surface area contributed by atoms with E-state index in [2.05, 4.69) is 17.0 Å². The number of carbonyl (C=O) groups excluding carboxylic acids is 2. The van der Waals surface area contributed by atoms with Crippen LogP contribution in [0.15, 0.2) is 85.1 Å². The molecule has 4 heterocycles. The van der Waals surface area contributed by atoms with Crippen LogP contribution in [-0.2, 0) is 26.4 Å². The van der Waals surface area contributed by atoms with E-state index in [0.29, 0.717) is 58.3 Å². The number of anilines is 3. The van der Waals surface area contributed by atoms with Crippen LogP contribution in [0.4, 0.5) is 17.2 Å². The van der Waals surface area contributed by atoms with Crippen LogP contribution < -0.4 is 15.5 Å². The van der Waals surface area contributed by atoms with Crippen LogP contribution in [0, 0.1) is 6.92 Å². The van der Waals surface area contributed by atoms with Gasteiger partial charge in [-0.25, -0.2) is 4.98 Å². The Morgan fingerprint density at radius 3 is 2.46 bits per heavy atom. The van der Waals surface area contributed by atoms with Gasteiger partial charge in [-0.1, -0.05) is 35.9 Å². The first-order valence-electron chi connectivity index (χ1n) is 16.0. The highest BCUT2D eigenvalue weighted by atomic mass is 35.5. The van der Waals surface area contributed by atoms with Crippen LogP contribution >= 0.6 is 11.6 Å². The highest BCUT2D eigenvalue weighted by Gasteiger charge is 2.32. The van der Waals surface area contributed by atoms with Crippen molar-refractivity contribution in [3.8, 4) is 17.0 Å². The second-order valence-electron chi connectivity index (χ2n) is 12.6. The summed E-state index contributed by atoms with van der Waals surface area (Å²) in [5.74, 6) is 0.602. The SMILES string of the molecule is Cc1c(C(=O)N(c2ccc(O)cc2)c2cnc3c(c2)CCN3C)cc(-c2cc(Cl)ccc2C(=O)N2Cc3ccccc3C[C@H]2CN)n1C. The lowest BCUT2D eigenvalue weighted by atomic mass is 9.92. The lowest BCUT2D eigenvalue weighted by Gasteiger charge is -2.36. The van der Waals surface area contributed by atoms with E-state index >= 15 is 0 Å². The molecule has 0 saturated carbocycles. The van der Waals surface area contributed by atoms with Gasteiger partial charge in [-0.2, -0.15) is 0 Å². The monoisotopic (exact) mass is 660 g/mol. The van der Waals surface area contributed by atoms with Crippen LogP contribution in [0.2, 0.25) is 5.02 Å². The van der Waals surface area contributed by atoms with Gasteiger partial charge in [-0.05, 0) is 91.1 Å². The molecule has 9 nitrogen and oxygen atoms in total. The van der Waals surface area contributed by atoms with Crippen molar-refractivity contribution < 1.29 is 14.7 Å². The van der Waals surface area contributed by atoms with Gasteiger partial charge in [0, 0.05) is 73.0 Å². The number of fused-ring (bicyclic) bond motifs is 2. The fourth-order valence-electron chi connectivity index (χ4n) is 6.92. The number of benzene rings is 3. The number of aromatic nitrogens is 2. The molecule has 0 saturated heterocycles. The molecule has 0 spiro atoms. The average molecular weight is 661 g/mol. The molecule has 2 aromatic heterocycles. The van der Waals surface area contributed by atoms with Gasteiger partial charge in [0.15, 0.2) is 0 Å². The van der Waals surface area contributed by atoms with Gasteiger partial charge in [-0.3, -0.25) is 14.5 Å². The number of rotatable bonds is 6. The average Bonchev–Trinajstić information content (AvgIpc) is 3.62. The van der Waals surface area contributed by atoms with E-state index in [0.717, 1.165) is 35.6 Å². The summed E-state index contributed by atoms with van der Waals surface area (Å²) in [6.45, 7) is 3.54. The van der Waals surface area contributed by atoms with E-state index in [9.17, 15) is 14.7 Å². The number of amides is 2. The molecule has 0 fully saturated rings. The van der Waals surface area contributed by atoms with Gasteiger partial charge in [0.25, 0.3) is 11.8 Å². The van der Waals surface area contributed by atoms with Gasteiger partial charge < -0.3 is 25.2 Å². The molecule has 2 aliphatic heterocycles. The molecule has 0 bridgehead atoms. The molecule has 2 amide bonds. The molecule has 3 N–H and O–H groups in total. The van der Waals surface area contributed by atoms with Gasteiger partial charge >= 0.3 is 0 Å². The molecule has 5 aromatic rings. The van der Waals surface area contributed by atoms with Gasteiger partial charge in [-0.15, -0.1) is 0 Å². The summed E-state index contributed by atoms with van der Waals surface area (Å²) in [6.07, 6.45) is 3.23. The van der Waals surface area contributed by atoms with Crippen molar-refractivity contribution in [2.24, 2.45) is 12.8 Å². The molecule has 0 unspecified atom stereocenters. The molecule has 3 aromatic carbocycles. The molecule has 7 rings (SSSR count). The number of nitrogens with two attached hydrogens (primary N) is 1. The third-order valence-electron chi connectivity index (χ3n) is 9.72. The number of hydrogen-bond acceptors (Lipinski definition) is 6. The first-order valence-corrected chi connectivity index (χ1v) is 16.4. The van der Waals surface area contributed by atoms with Crippen molar-refractivity contribution in [1.29, 1.82) is 0 Å². The minimum Gasteiger partial charge on any atom is -0.508 e. The highest BCUT2D eigenvalue weighted by Crippen LogP contribution is 2.37. The largest absolute Gasteiger partial charge is 0.508 e. The number of halogens is 1. The van der Waals surface area contributed by atoms with Gasteiger partial charge in [0.1, 0.15) is 11.6 Å². The molecule has 0 radical (unpaired) electrons.